The van der Waals surface area contributed by atoms with Gasteiger partial charge in [0.2, 0.25) is 23.6 Å². The van der Waals surface area contributed by atoms with Gasteiger partial charge in [-0.05, 0) is 18.4 Å². The molecule has 42 heteroatoms. The van der Waals surface area contributed by atoms with Gasteiger partial charge in [-0.15, -0.1) is 17.4 Å². The van der Waals surface area contributed by atoms with E-state index in [1.165, 1.54) is 884 Å². The maximum atomic E-state index is 11.1. The molecule has 1 aromatic rings. The van der Waals surface area contributed by atoms with Crippen molar-refractivity contribution in [1.82, 2.24) is 36.3 Å². The Morgan fingerprint density at radius 2 is 0.859 bits per heavy atom. The Kier molecular flexibility index (Phi) is 399. The van der Waals surface area contributed by atoms with Crippen molar-refractivity contribution >= 4 is 908 Å². The van der Waals surface area contributed by atoms with E-state index in [2.05, 4.69) is 47.5 Å². The van der Waals surface area contributed by atoms with E-state index in [-0.39, 0.29) is 23.6 Å². The number of hydrogen-bond donors (Lipinski definition) is 4. The Labute approximate surface area is 1030 Å². The third-order valence-electron chi connectivity index (χ3n) is 4.32. The molecule has 1 rings (SSSR count). The average Bonchev–Trinajstić information content (AvgIpc) is 3.89. The standard InChI is InChI=1S/C11H19N5O2.C6H9NO.C5H10N4O.28K/c1-12-10(17)4-3-7-16-8-9(14-15-16)5-6-11(18)13-2;1-3-4-5-6(8)7-2;1-7-5(10)3-2-4-8-9-6;;;;;;;;;;;;;;;;;;;;;;;;;;;;/h8H,3-7H2,1-2H3,(H,12,17)(H,13,18);1H,4-5H2,2H3,(H,7,8);2-4H2,1H3,(H,7,10);;;;;;;;;;;;;;;;;;;;;;;;;;;;. The van der Waals surface area contributed by atoms with E-state index in [1.807, 2.05) is 6.20 Å². The zero-order chi connectivity index (χ0) is 55.6. The van der Waals surface area contributed by atoms with Crippen molar-refractivity contribution in [2.75, 3.05) is 34.7 Å². The van der Waals surface area contributed by atoms with Crippen molar-refractivity contribution in [3.05, 3.63) is 22.3 Å². The van der Waals surface area contributed by atoms with E-state index >= 15 is 0 Å². The molecule has 0 fully saturated rings. The van der Waals surface area contributed by atoms with Crippen molar-refractivity contribution in [2.45, 2.75) is 57.9 Å². The molecule has 0 bridgehead atoms. The average molecular weight is 1600 g/mol. The van der Waals surface area contributed by atoms with Gasteiger partial charge in [0.15, 0.2) is 0 Å². The molecule has 14 nitrogen and oxygen atoms in total. The number of nitrogens with one attached hydrogen (secondary N) is 4. The van der Waals surface area contributed by atoms with Crippen LogP contribution < -0.4 is 21.3 Å². The van der Waals surface area contributed by atoms with E-state index in [4.69, 9.17) is 12.0 Å². The predicted octanol–water partition coefficient (Wildman–Crippen LogP) is -10.2. The topological polar surface area (TPSA) is 196 Å². The number of aryl methyl sites for hydroxylation is 2. The van der Waals surface area contributed by atoms with E-state index in [1.54, 1.807) is 32.9 Å². The predicted molar refractivity (Wildman–Crippen MR) is 296 cm³/mol. The molecule has 0 aliphatic rings. The first-order valence-electron chi connectivity index (χ1n) is 25.4. The number of rotatable bonds is 13. The molecule has 0 aliphatic carbocycles. The minimum absolute atomic E-state index is 0.00273. The fourth-order valence-electron chi connectivity index (χ4n) is 2.25. The number of terminal acetylenes is 1. The molecule has 0 radical (unpaired) electrons. The summed E-state index contributed by atoms with van der Waals surface area (Å²) in [7, 11) is 6.40. The van der Waals surface area contributed by atoms with Crippen LogP contribution in [-0.4, -0.2) is 958 Å². The molecule has 0 spiro atoms. The van der Waals surface area contributed by atoms with Crippen LogP contribution in [0.3, 0.4) is 0 Å². The van der Waals surface area contributed by atoms with Gasteiger partial charge in [0.25, 0.3) is 0 Å². The summed E-state index contributed by atoms with van der Waals surface area (Å²) in [4.78, 5) is 45.5. The molecule has 0 unspecified atom stereocenters. The van der Waals surface area contributed by atoms with Crippen molar-refractivity contribution in [3.8, 4) is 12.3 Å². The van der Waals surface area contributed by atoms with Gasteiger partial charge in [0.1, 0.15) is 0 Å². The van der Waals surface area contributed by atoms with Gasteiger partial charge in [-0.3, -0.25) is 23.9 Å². The second-order valence-corrected chi connectivity index (χ2v) is 7.03. The molecule has 0 aromatic carbocycles. The summed E-state index contributed by atoms with van der Waals surface area (Å²) in [6.07, 6.45) is 10.9. The summed E-state index contributed by atoms with van der Waals surface area (Å²) in [6, 6.07) is 0. The van der Waals surface area contributed by atoms with Gasteiger partial charge < -0.3 is 21.3 Å². The van der Waals surface area contributed by atoms with Crippen molar-refractivity contribution in [3.63, 3.8) is 0 Å². The summed E-state index contributed by atoms with van der Waals surface area (Å²) in [5.74, 6) is 2.37. The Morgan fingerprint density at radius 3 is 1.16 bits per heavy atom. The van der Waals surface area contributed by atoms with E-state index in [0.29, 0.717) is 58.0 Å². The number of amides is 4. The third-order valence-corrected chi connectivity index (χ3v) is 4.32. The van der Waals surface area contributed by atoms with Crippen LogP contribution in [0.2, 0.25) is 0 Å². The van der Waals surface area contributed by atoms with Crippen LogP contribution in [0.4, 0.5) is 0 Å². The zero-order valence-electron chi connectivity index (χ0n) is 49.5. The normalized spacial score (nSPS) is 6.80. The summed E-state index contributed by atoms with van der Waals surface area (Å²) in [5, 5.41) is 21.3. The minimum atomic E-state index is -0.0202. The zero-order valence-corrected chi connectivity index (χ0v) is 137. The fourth-order valence-corrected chi connectivity index (χ4v) is 2.25. The SMILES string of the molecule is C#CCCC(=O)NC.CNC(=O)CCCN=[N+]=[N-].CNC(=O)CCCn1cc(CCC(=O)NC)nn1.[K][K].[K][K].[K][K].[K][K].[K][K].[K][K].[K][K].[K][K].[K][K].[K][K].[K][K].[K][K].[K][K].[K][K]. The molecule has 0 aliphatic heterocycles. The van der Waals surface area contributed by atoms with Gasteiger partial charge in [0.05, 0.1) is 5.69 Å². The van der Waals surface area contributed by atoms with Gasteiger partial charge >= 0.3 is 884 Å². The number of carbonyl (C=O) groups is 4. The Hall–Kier alpha value is 41.7. The molecule has 0 saturated carbocycles. The van der Waals surface area contributed by atoms with Crippen molar-refractivity contribution in [1.29, 1.82) is 0 Å². The molecule has 0 saturated heterocycles. The van der Waals surface area contributed by atoms with Gasteiger partial charge in [-0.1, -0.05) is 10.3 Å². The van der Waals surface area contributed by atoms with Crippen LogP contribution in [-0.2, 0) is 32.1 Å². The molecule has 0 atom stereocenters. The van der Waals surface area contributed by atoms with Crippen LogP contribution in [0.5, 0.6) is 0 Å². The van der Waals surface area contributed by atoms with Crippen LogP contribution >= 0.6 is 0 Å². The number of aromatic nitrogens is 3. The summed E-state index contributed by atoms with van der Waals surface area (Å²) in [5.41, 5.74) is 8.64. The van der Waals surface area contributed by atoms with E-state index in [9.17, 15) is 19.2 Å². The summed E-state index contributed by atoms with van der Waals surface area (Å²) in [6.45, 7) is 1.05. The molecule has 4 amide bonds. The summed E-state index contributed by atoms with van der Waals surface area (Å²) < 4.78 is 1.70. The quantitative estimate of drug-likeness (QED) is 0.0379. The van der Waals surface area contributed by atoms with Crippen LogP contribution in [0.1, 0.15) is 50.6 Å². The first-order valence-corrected chi connectivity index (χ1v) is 249. The van der Waals surface area contributed by atoms with E-state index < -0.39 is 0 Å². The number of azide groups is 1. The van der Waals surface area contributed by atoms with Gasteiger partial charge in [-0.2, -0.15) is 0 Å². The second-order valence-electron chi connectivity index (χ2n) is 7.03. The molecule has 1 heterocycles. The monoisotopic (exact) mass is 1600 g/mol. The Balaban J connectivity index is -0.0000000312. The van der Waals surface area contributed by atoms with E-state index in [0.717, 1.165) is 12.1 Å². The van der Waals surface area contributed by atoms with Crippen LogP contribution in [0.25, 0.3) is 10.4 Å². The molecule has 1 aromatic heterocycles. The van der Waals surface area contributed by atoms with Crippen molar-refractivity contribution < 1.29 is 19.2 Å². The third kappa shape index (κ3) is 172. The first kappa shape index (κ1) is 144. The fraction of sp³-hybridized carbons (Fsp3) is 0.636. The summed E-state index contributed by atoms with van der Waals surface area (Å²) >= 11 is 35.0. The van der Waals surface area contributed by atoms with Gasteiger partial charge in [-0.25, -0.2) is 0 Å². The molecule has 4 N–H and O–H groups in total. The van der Waals surface area contributed by atoms with Crippen LogP contribution in [0, 0.1) is 12.3 Å². The Morgan fingerprint density at radius 1 is 0.562 bits per heavy atom. The number of hydrogen-bond acceptors (Lipinski definition) is 7. The number of carbonyl (C=O) groups excluding carboxylic acids is 4. The molecule has 228 valence electrons. The molecular weight excluding hydrogens is 1560 g/mol. The van der Waals surface area contributed by atoms with Crippen molar-refractivity contribution in [2.24, 2.45) is 5.11 Å². The number of nitrogens with zero attached hydrogens (tertiary/aromatic N) is 6. The maximum absolute atomic E-state index is 11.1. The van der Waals surface area contributed by atoms with Crippen LogP contribution in [0.15, 0.2) is 11.3 Å². The molecule has 64 heavy (non-hydrogen) atoms. The van der Waals surface area contributed by atoms with Gasteiger partial charge in [0, 0.05) is 90.9 Å². The Bertz CT molecular complexity index is 936. The molecular formula is C22H38K28N10O4. The first-order chi connectivity index (χ1) is 31.3. The second kappa shape index (κ2) is 177.